The standard InChI is InChI=1S/C12H20N4O4S/c1-13-11(17)12(9-20-3)6-4-8-16(12)21(18,19)10-5-7-14-15(10)2/h5,7H,4,6,8-9H2,1-3H3,(H,13,17). The number of aromatic nitrogens is 2. The van der Waals surface area contributed by atoms with Gasteiger partial charge in [0.15, 0.2) is 5.03 Å². The third-order valence-electron chi connectivity index (χ3n) is 3.79. The number of nitrogens with one attached hydrogen (secondary N) is 1. The SMILES string of the molecule is CNC(=O)C1(COC)CCCN1S(=O)(=O)c1ccnn1C. The van der Waals surface area contributed by atoms with Gasteiger partial charge in [-0.1, -0.05) is 0 Å². The lowest BCUT2D eigenvalue weighted by atomic mass is 9.97. The van der Waals surface area contributed by atoms with Crippen LogP contribution < -0.4 is 5.32 Å². The van der Waals surface area contributed by atoms with Crippen molar-refractivity contribution in [3.05, 3.63) is 12.3 Å². The minimum Gasteiger partial charge on any atom is -0.382 e. The molecule has 0 bridgehead atoms. The average molecular weight is 316 g/mol. The van der Waals surface area contributed by atoms with Gasteiger partial charge in [-0.05, 0) is 18.9 Å². The van der Waals surface area contributed by atoms with Crippen molar-refractivity contribution in [2.75, 3.05) is 27.3 Å². The molecule has 0 saturated carbocycles. The van der Waals surface area contributed by atoms with E-state index in [1.54, 1.807) is 7.05 Å². The summed E-state index contributed by atoms with van der Waals surface area (Å²) in [7, 11) is 0.688. The van der Waals surface area contributed by atoms with E-state index in [9.17, 15) is 13.2 Å². The van der Waals surface area contributed by atoms with Crippen molar-refractivity contribution in [1.82, 2.24) is 19.4 Å². The largest absolute Gasteiger partial charge is 0.382 e. The van der Waals surface area contributed by atoms with Gasteiger partial charge < -0.3 is 10.1 Å². The first-order valence-electron chi connectivity index (χ1n) is 6.62. The molecule has 1 aromatic heterocycles. The van der Waals surface area contributed by atoms with Gasteiger partial charge in [-0.3, -0.25) is 9.48 Å². The number of ether oxygens (including phenoxy) is 1. The molecule has 1 aromatic rings. The molecule has 1 aliphatic rings. The molecule has 9 heteroatoms. The van der Waals surface area contributed by atoms with Crippen molar-refractivity contribution in [1.29, 1.82) is 0 Å². The van der Waals surface area contributed by atoms with E-state index >= 15 is 0 Å². The Morgan fingerprint density at radius 1 is 1.57 bits per heavy atom. The molecule has 1 atom stereocenters. The number of sulfonamides is 1. The molecule has 118 valence electrons. The zero-order valence-corrected chi connectivity index (χ0v) is 13.2. The van der Waals surface area contributed by atoms with Crippen LogP contribution in [-0.2, 0) is 26.6 Å². The molecule has 2 heterocycles. The van der Waals surface area contributed by atoms with Crippen molar-refractivity contribution in [2.45, 2.75) is 23.4 Å². The van der Waals surface area contributed by atoms with E-state index in [1.807, 2.05) is 0 Å². The van der Waals surface area contributed by atoms with Gasteiger partial charge in [-0.15, -0.1) is 0 Å². The summed E-state index contributed by atoms with van der Waals surface area (Å²) in [6, 6.07) is 1.43. The fourth-order valence-corrected chi connectivity index (χ4v) is 4.74. The van der Waals surface area contributed by atoms with Crippen molar-refractivity contribution in [3.8, 4) is 0 Å². The number of carbonyl (C=O) groups excluding carboxylic acids is 1. The third kappa shape index (κ3) is 2.45. The van der Waals surface area contributed by atoms with Gasteiger partial charge in [0.25, 0.3) is 10.0 Å². The number of rotatable bonds is 5. The summed E-state index contributed by atoms with van der Waals surface area (Å²) in [5.41, 5.74) is -1.20. The van der Waals surface area contributed by atoms with Crippen molar-refractivity contribution < 1.29 is 17.9 Å². The predicted molar refractivity (Wildman–Crippen MR) is 75.0 cm³/mol. The van der Waals surface area contributed by atoms with Gasteiger partial charge >= 0.3 is 0 Å². The molecule has 1 fully saturated rings. The van der Waals surface area contributed by atoms with E-state index in [0.717, 1.165) is 0 Å². The molecule has 1 aliphatic heterocycles. The molecule has 1 amide bonds. The Labute approximate surface area is 124 Å². The van der Waals surface area contributed by atoms with Gasteiger partial charge in [0.2, 0.25) is 5.91 Å². The van der Waals surface area contributed by atoms with Gasteiger partial charge in [-0.2, -0.15) is 9.40 Å². The monoisotopic (exact) mass is 316 g/mol. The van der Waals surface area contributed by atoms with Crippen LogP contribution in [0.1, 0.15) is 12.8 Å². The second kappa shape index (κ2) is 5.74. The van der Waals surface area contributed by atoms with Crippen LogP contribution in [0, 0.1) is 0 Å². The average Bonchev–Trinajstić information content (AvgIpc) is 3.06. The van der Waals surface area contributed by atoms with E-state index in [1.165, 1.54) is 35.4 Å². The van der Waals surface area contributed by atoms with Crippen LogP contribution in [0.3, 0.4) is 0 Å². The van der Waals surface area contributed by atoms with E-state index in [2.05, 4.69) is 10.4 Å². The third-order valence-corrected chi connectivity index (χ3v) is 5.83. The number of hydrogen-bond donors (Lipinski definition) is 1. The fourth-order valence-electron chi connectivity index (χ4n) is 2.84. The topological polar surface area (TPSA) is 93.5 Å². The minimum atomic E-state index is -3.82. The van der Waals surface area contributed by atoms with E-state index in [0.29, 0.717) is 12.8 Å². The smallest absolute Gasteiger partial charge is 0.261 e. The summed E-state index contributed by atoms with van der Waals surface area (Å²) in [4.78, 5) is 12.3. The van der Waals surface area contributed by atoms with Gasteiger partial charge in [-0.25, -0.2) is 8.42 Å². The number of hydrogen-bond acceptors (Lipinski definition) is 5. The lowest BCUT2D eigenvalue weighted by Gasteiger charge is -2.35. The highest BCUT2D eigenvalue weighted by Crippen LogP contribution is 2.35. The summed E-state index contributed by atoms with van der Waals surface area (Å²) in [5, 5.41) is 6.50. The Bertz CT molecular complexity index is 627. The zero-order chi connectivity index (χ0) is 15.7. The van der Waals surface area contributed by atoms with Crippen LogP contribution in [0.25, 0.3) is 0 Å². The molecular weight excluding hydrogens is 296 g/mol. The maximum absolute atomic E-state index is 12.9. The summed E-state index contributed by atoms with van der Waals surface area (Å²) in [6.07, 6.45) is 2.45. The number of likely N-dealkylation sites (N-methyl/N-ethyl adjacent to an activating group) is 1. The van der Waals surface area contributed by atoms with Gasteiger partial charge in [0.05, 0.1) is 12.8 Å². The number of aryl methyl sites for hydroxylation is 1. The lowest BCUT2D eigenvalue weighted by Crippen LogP contribution is -2.59. The molecule has 1 N–H and O–H groups in total. The molecule has 21 heavy (non-hydrogen) atoms. The Morgan fingerprint density at radius 2 is 2.29 bits per heavy atom. The number of amides is 1. The molecule has 0 aromatic carbocycles. The lowest BCUT2D eigenvalue weighted by molar-refractivity contribution is -0.131. The number of nitrogens with zero attached hydrogens (tertiary/aromatic N) is 3. The Balaban J connectivity index is 2.50. The highest BCUT2D eigenvalue weighted by Gasteiger charge is 2.53. The van der Waals surface area contributed by atoms with Crippen LogP contribution >= 0.6 is 0 Å². The number of carbonyl (C=O) groups is 1. The van der Waals surface area contributed by atoms with E-state index < -0.39 is 15.6 Å². The summed E-state index contributed by atoms with van der Waals surface area (Å²) >= 11 is 0. The summed E-state index contributed by atoms with van der Waals surface area (Å²) in [6.45, 7) is 0.300. The highest BCUT2D eigenvalue weighted by atomic mass is 32.2. The Morgan fingerprint density at radius 3 is 2.81 bits per heavy atom. The Kier molecular flexibility index (Phi) is 4.35. The zero-order valence-electron chi connectivity index (χ0n) is 12.4. The second-order valence-corrected chi connectivity index (χ2v) is 6.83. The first-order chi connectivity index (χ1) is 9.90. The molecule has 2 rings (SSSR count). The molecule has 0 radical (unpaired) electrons. The first-order valence-corrected chi connectivity index (χ1v) is 8.06. The van der Waals surface area contributed by atoms with Crippen LogP contribution in [0.2, 0.25) is 0 Å². The quantitative estimate of drug-likeness (QED) is 0.778. The summed E-state index contributed by atoms with van der Waals surface area (Å²) in [5.74, 6) is -0.354. The molecular formula is C12H20N4O4S. The second-order valence-electron chi connectivity index (χ2n) is 5.02. The maximum Gasteiger partial charge on any atom is 0.261 e. The van der Waals surface area contributed by atoms with Crippen molar-refractivity contribution >= 4 is 15.9 Å². The van der Waals surface area contributed by atoms with Gasteiger partial charge in [0.1, 0.15) is 5.54 Å². The van der Waals surface area contributed by atoms with Crippen LogP contribution in [0.15, 0.2) is 17.3 Å². The van der Waals surface area contributed by atoms with Crippen LogP contribution in [-0.4, -0.2) is 61.3 Å². The highest BCUT2D eigenvalue weighted by molar-refractivity contribution is 7.89. The molecule has 1 saturated heterocycles. The van der Waals surface area contributed by atoms with Crippen LogP contribution in [0.4, 0.5) is 0 Å². The molecule has 0 aliphatic carbocycles. The van der Waals surface area contributed by atoms with Crippen molar-refractivity contribution in [3.63, 3.8) is 0 Å². The molecule has 1 unspecified atom stereocenters. The van der Waals surface area contributed by atoms with Gasteiger partial charge in [0, 0.05) is 27.7 Å². The van der Waals surface area contributed by atoms with Crippen molar-refractivity contribution in [2.24, 2.45) is 7.05 Å². The summed E-state index contributed by atoms with van der Waals surface area (Å²) < 4.78 is 33.4. The van der Waals surface area contributed by atoms with E-state index in [-0.39, 0.29) is 24.1 Å². The van der Waals surface area contributed by atoms with Crippen LogP contribution in [0.5, 0.6) is 0 Å². The minimum absolute atomic E-state index is 0.0176. The predicted octanol–water partition coefficient (Wildman–Crippen LogP) is -0.664. The number of methoxy groups -OCH3 is 1. The maximum atomic E-state index is 12.9. The molecule has 8 nitrogen and oxygen atoms in total. The fraction of sp³-hybridized carbons (Fsp3) is 0.667. The normalized spacial score (nSPS) is 23.4. The van der Waals surface area contributed by atoms with E-state index in [4.69, 9.17) is 4.74 Å². The molecule has 0 spiro atoms. The Hall–Kier alpha value is -1.45. The first kappa shape index (κ1) is 15.9.